The van der Waals surface area contributed by atoms with Crippen molar-refractivity contribution in [2.45, 2.75) is 58.8 Å². The molecule has 1 aliphatic heterocycles. The number of unbranched alkanes of at least 4 members (excludes halogenated alkanes) is 3. The second-order valence-electron chi connectivity index (χ2n) is 7.47. The van der Waals surface area contributed by atoms with Crippen LogP contribution in [0.25, 0.3) is 10.6 Å². The van der Waals surface area contributed by atoms with Crippen molar-refractivity contribution in [1.29, 1.82) is 0 Å². The molecule has 1 N–H and O–H groups in total. The maximum Gasteiger partial charge on any atom is 0.231 e. The lowest BCUT2D eigenvalue weighted by Crippen LogP contribution is -2.34. The number of hydrogen-bond donors (Lipinski definition) is 1. The maximum absolute atomic E-state index is 12.5. The van der Waals surface area contributed by atoms with E-state index < -0.39 is 0 Å². The minimum Gasteiger partial charge on any atom is -0.454 e. The minimum absolute atomic E-state index is 0.131. The Kier molecular flexibility index (Phi) is 8.63. The summed E-state index contributed by atoms with van der Waals surface area (Å²) < 4.78 is 10.7. The van der Waals surface area contributed by atoms with Crippen molar-refractivity contribution in [3.8, 4) is 22.1 Å². The molecule has 9 heteroatoms. The number of benzene rings is 1. The minimum atomic E-state index is -0.173. The van der Waals surface area contributed by atoms with Crippen molar-refractivity contribution in [2.75, 3.05) is 25.2 Å². The lowest BCUT2D eigenvalue weighted by atomic mass is 10.1. The van der Waals surface area contributed by atoms with E-state index >= 15 is 0 Å². The van der Waals surface area contributed by atoms with E-state index in [1.807, 2.05) is 25.1 Å². The average molecular weight is 447 g/mol. The predicted octanol–water partition coefficient (Wildman–Crippen LogP) is 4.47. The van der Waals surface area contributed by atoms with E-state index in [4.69, 9.17) is 9.47 Å². The van der Waals surface area contributed by atoms with Gasteiger partial charge in [0.05, 0.1) is 0 Å². The molecule has 2 amide bonds. The van der Waals surface area contributed by atoms with Crippen molar-refractivity contribution in [2.24, 2.45) is 0 Å². The number of fused-ring (bicyclic) bond motifs is 1. The fraction of sp³-hybridized carbons (Fsp3) is 0.545. The molecule has 0 saturated carbocycles. The molecule has 0 aliphatic carbocycles. The zero-order chi connectivity index (χ0) is 22.1. The summed E-state index contributed by atoms with van der Waals surface area (Å²) in [6, 6.07) is 5.57. The van der Waals surface area contributed by atoms with E-state index in [2.05, 4.69) is 22.4 Å². The van der Waals surface area contributed by atoms with Crippen LogP contribution in [0.3, 0.4) is 0 Å². The van der Waals surface area contributed by atoms with Gasteiger partial charge >= 0.3 is 0 Å². The first-order valence-corrected chi connectivity index (χ1v) is 11.7. The van der Waals surface area contributed by atoms with E-state index in [0.717, 1.165) is 37.7 Å². The summed E-state index contributed by atoms with van der Waals surface area (Å²) in [5.74, 6) is 1.34. The SMILES string of the molecule is CCCCCCC(=O)N(CCC)CCC(=O)Nc1nnc(-c2ccc3c(c2)OCO3)s1. The smallest absolute Gasteiger partial charge is 0.231 e. The molecule has 8 nitrogen and oxygen atoms in total. The van der Waals surface area contributed by atoms with Crippen molar-refractivity contribution < 1.29 is 19.1 Å². The molecular formula is C22H30N4O4S. The molecular weight excluding hydrogens is 416 g/mol. The Morgan fingerprint density at radius 1 is 1.03 bits per heavy atom. The number of carbonyl (C=O) groups is 2. The number of nitrogens with zero attached hydrogens (tertiary/aromatic N) is 3. The topological polar surface area (TPSA) is 93.7 Å². The summed E-state index contributed by atoms with van der Waals surface area (Å²) in [5, 5.41) is 12.1. The van der Waals surface area contributed by atoms with Gasteiger partial charge in [-0.25, -0.2) is 0 Å². The van der Waals surface area contributed by atoms with Gasteiger partial charge in [-0.2, -0.15) is 0 Å². The summed E-state index contributed by atoms with van der Waals surface area (Å²) in [6.07, 6.45) is 5.95. The Hall–Kier alpha value is -2.68. The molecule has 0 fully saturated rings. The molecule has 1 aliphatic rings. The van der Waals surface area contributed by atoms with Gasteiger partial charge in [0.15, 0.2) is 11.5 Å². The van der Waals surface area contributed by atoms with Gasteiger partial charge in [-0.05, 0) is 31.0 Å². The van der Waals surface area contributed by atoms with Crippen LogP contribution in [0.1, 0.15) is 58.8 Å². The van der Waals surface area contributed by atoms with E-state index in [0.29, 0.717) is 41.1 Å². The van der Waals surface area contributed by atoms with E-state index in [9.17, 15) is 9.59 Å². The first-order chi connectivity index (χ1) is 15.1. The molecule has 0 radical (unpaired) electrons. The normalized spacial score (nSPS) is 12.1. The highest BCUT2D eigenvalue weighted by atomic mass is 32.1. The molecule has 0 spiro atoms. The number of aromatic nitrogens is 2. The second-order valence-corrected chi connectivity index (χ2v) is 8.45. The van der Waals surface area contributed by atoms with Crippen LogP contribution in [-0.4, -0.2) is 46.8 Å². The third-order valence-corrected chi connectivity index (χ3v) is 5.88. The van der Waals surface area contributed by atoms with Crippen LogP contribution in [0.4, 0.5) is 5.13 Å². The molecule has 0 atom stereocenters. The van der Waals surface area contributed by atoms with Crippen molar-refractivity contribution in [3.05, 3.63) is 18.2 Å². The van der Waals surface area contributed by atoms with Gasteiger partial charge in [-0.15, -0.1) is 10.2 Å². The van der Waals surface area contributed by atoms with Crippen LogP contribution in [0.5, 0.6) is 11.5 Å². The fourth-order valence-corrected chi connectivity index (χ4v) is 4.09. The zero-order valence-corrected chi connectivity index (χ0v) is 19.0. The quantitative estimate of drug-likeness (QED) is 0.484. The lowest BCUT2D eigenvalue weighted by molar-refractivity contribution is -0.131. The highest BCUT2D eigenvalue weighted by Gasteiger charge is 2.17. The highest BCUT2D eigenvalue weighted by molar-refractivity contribution is 7.18. The zero-order valence-electron chi connectivity index (χ0n) is 18.2. The van der Waals surface area contributed by atoms with Gasteiger partial charge < -0.3 is 19.7 Å². The van der Waals surface area contributed by atoms with Crippen LogP contribution >= 0.6 is 11.3 Å². The molecule has 168 valence electrons. The number of amides is 2. The number of rotatable bonds is 12. The Bertz CT molecular complexity index is 886. The lowest BCUT2D eigenvalue weighted by Gasteiger charge is -2.21. The monoisotopic (exact) mass is 446 g/mol. The summed E-state index contributed by atoms with van der Waals surface area (Å²) in [7, 11) is 0. The van der Waals surface area contributed by atoms with Crippen LogP contribution in [0.15, 0.2) is 18.2 Å². The molecule has 1 aromatic heterocycles. The largest absolute Gasteiger partial charge is 0.454 e. The van der Waals surface area contributed by atoms with Crippen LogP contribution < -0.4 is 14.8 Å². The predicted molar refractivity (Wildman–Crippen MR) is 120 cm³/mol. The standard InChI is InChI=1S/C22H30N4O4S/c1-3-5-6-7-8-20(28)26(12-4-2)13-11-19(27)23-22-25-24-21(31-22)16-9-10-17-18(14-16)30-15-29-17/h9-10,14H,3-8,11-13,15H2,1-2H3,(H,23,25,27). The summed E-state index contributed by atoms with van der Waals surface area (Å²) >= 11 is 1.30. The highest BCUT2D eigenvalue weighted by Crippen LogP contribution is 2.37. The van der Waals surface area contributed by atoms with Crippen LogP contribution in [0, 0.1) is 0 Å². The van der Waals surface area contributed by atoms with Gasteiger partial charge in [-0.1, -0.05) is 44.4 Å². The average Bonchev–Trinajstić information content (AvgIpc) is 3.42. The first-order valence-electron chi connectivity index (χ1n) is 10.9. The summed E-state index contributed by atoms with van der Waals surface area (Å²) in [4.78, 5) is 26.7. The molecule has 0 unspecified atom stereocenters. The van der Waals surface area contributed by atoms with Crippen molar-refractivity contribution in [3.63, 3.8) is 0 Å². The van der Waals surface area contributed by atoms with E-state index in [-0.39, 0.29) is 25.0 Å². The third-order valence-electron chi connectivity index (χ3n) is 4.99. The third kappa shape index (κ3) is 6.65. The molecule has 2 aromatic rings. The van der Waals surface area contributed by atoms with Crippen LogP contribution in [-0.2, 0) is 9.59 Å². The van der Waals surface area contributed by atoms with Crippen molar-refractivity contribution in [1.82, 2.24) is 15.1 Å². The Morgan fingerprint density at radius 2 is 1.87 bits per heavy atom. The molecule has 2 heterocycles. The first kappa shape index (κ1) is 23.0. The molecule has 1 aromatic carbocycles. The Morgan fingerprint density at radius 3 is 2.68 bits per heavy atom. The van der Waals surface area contributed by atoms with E-state index in [1.165, 1.54) is 11.3 Å². The fourth-order valence-electron chi connectivity index (χ4n) is 3.33. The van der Waals surface area contributed by atoms with Crippen molar-refractivity contribution >= 4 is 28.3 Å². The molecule has 3 rings (SSSR count). The molecule has 31 heavy (non-hydrogen) atoms. The number of hydrogen-bond acceptors (Lipinski definition) is 7. The number of carbonyl (C=O) groups excluding carboxylic acids is 2. The number of nitrogens with one attached hydrogen (secondary N) is 1. The van der Waals surface area contributed by atoms with E-state index in [1.54, 1.807) is 4.90 Å². The van der Waals surface area contributed by atoms with Gasteiger partial charge in [0.2, 0.25) is 23.7 Å². The Balaban J connectivity index is 1.49. The summed E-state index contributed by atoms with van der Waals surface area (Å²) in [5.41, 5.74) is 0.852. The van der Waals surface area contributed by atoms with Crippen LogP contribution in [0.2, 0.25) is 0 Å². The summed E-state index contributed by atoms with van der Waals surface area (Å²) in [6.45, 7) is 5.50. The van der Waals surface area contributed by atoms with Gasteiger partial charge in [0, 0.05) is 31.5 Å². The van der Waals surface area contributed by atoms with Gasteiger partial charge in [0.1, 0.15) is 5.01 Å². The maximum atomic E-state index is 12.5. The molecule has 0 saturated heterocycles. The van der Waals surface area contributed by atoms with Gasteiger partial charge in [0.25, 0.3) is 0 Å². The number of anilines is 1. The Labute approximate surface area is 186 Å². The number of ether oxygens (including phenoxy) is 2. The molecule has 0 bridgehead atoms. The van der Waals surface area contributed by atoms with Gasteiger partial charge in [-0.3, -0.25) is 9.59 Å². The second kappa shape index (κ2) is 11.6.